The highest BCUT2D eigenvalue weighted by atomic mass is 32.2. The smallest absolute Gasteiger partial charge is 0.167 e. The van der Waals surface area contributed by atoms with Crippen molar-refractivity contribution in [1.82, 2.24) is 4.98 Å². The zero-order valence-electron chi connectivity index (χ0n) is 10.8. The van der Waals surface area contributed by atoms with Gasteiger partial charge in [0.1, 0.15) is 0 Å². The molecule has 2 aliphatic heterocycles. The Hall–Kier alpha value is -0.830. The lowest BCUT2D eigenvalue weighted by molar-refractivity contribution is 0.0895. The fourth-order valence-electron chi connectivity index (χ4n) is 3.24. The van der Waals surface area contributed by atoms with Crippen LogP contribution in [0.15, 0.2) is 18.3 Å². The van der Waals surface area contributed by atoms with Crippen molar-refractivity contribution < 1.29 is 4.79 Å². The summed E-state index contributed by atoms with van der Waals surface area (Å²) in [6, 6.07) is 3.81. The molecule has 0 spiro atoms. The topological polar surface area (TPSA) is 30.0 Å². The second kappa shape index (κ2) is 5.04. The van der Waals surface area contributed by atoms with Gasteiger partial charge in [0, 0.05) is 33.9 Å². The highest BCUT2D eigenvalue weighted by Gasteiger charge is 2.36. The first-order chi connectivity index (χ1) is 8.74. The van der Waals surface area contributed by atoms with Gasteiger partial charge in [-0.1, -0.05) is 6.42 Å². The monoisotopic (exact) mass is 261 g/mol. The molecule has 2 saturated heterocycles. The van der Waals surface area contributed by atoms with E-state index in [1.807, 2.05) is 19.1 Å². The molecule has 3 heteroatoms. The molecular weight excluding hydrogens is 242 g/mol. The lowest BCUT2D eigenvalue weighted by atomic mass is 9.84. The van der Waals surface area contributed by atoms with Crippen molar-refractivity contribution in [3.05, 3.63) is 29.6 Å². The van der Waals surface area contributed by atoms with E-state index in [-0.39, 0.29) is 5.92 Å². The summed E-state index contributed by atoms with van der Waals surface area (Å²) in [5.41, 5.74) is 1.72. The molecule has 1 aromatic heterocycles. The van der Waals surface area contributed by atoms with E-state index in [1.165, 1.54) is 19.3 Å². The molecule has 2 nitrogen and oxygen atoms in total. The van der Waals surface area contributed by atoms with E-state index in [0.717, 1.165) is 34.6 Å². The SMILES string of the molecule is Cc1ncccc1C(=O)C1CC2CCCC(C1)S2. The molecule has 2 aliphatic rings. The minimum Gasteiger partial charge on any atom is -0.294 e. The number of hydrogen-bond acceptors (Lipinski definition) is 3. The first-order valence-electron chi connectivity index (χ1n) is 6.85. The molecule has 0 saturated carbocycles. The summed E-state index contributed by atoms with van der Waals surface area (Å²) in [7, 11) is 0. The Labute approximate surface area is 113 Å². The number of Topliss-reactive ketones (excluding diaryl/α,β-unsaturated/α-hetero) is 1. The number of pyridine rings is 1. The van der Waals surface area contributed by atoms with Crippen molar-refractivity contribution in [3.63, 3.8) is 0 Å². The Kier molecular flexibility index (Phi) is 3.42. The van der Waals surface area contributed by atoms with Crippen molar-refractivity contribution in [2.45, 2.75) is 49.5 Å². The summed E-state index contributed by atoms with van der Waals surface area (Å²) in [6.45, 7) is 1.94. The lowest BCUT2D eigenvalue weighted by Gasteiger charge is -2.38. The molecule has 0 N–H and O–H groups in total. The van der Waals surface area contributed by atoms with E-state index in [1.54, 1.807) is 6.20 Å². The Balaban J connectivity index is 1.79. The first kappa shape index (κ1) is 12.2. The largest absolute Gasteiger partial charge is 0.294 e. The van der Waals surface area contributed by atoms with Crippen LogP contribution >= 0.6 is 11.8 Å². The van der Waals surface area contributed by atoms with Crippen molar-refractivity contribution >= 4 is 17.5 Å². The van der Waals surface area contributed by atoms with Gasteiger partial charge in [-0.3, -0.25) is 9.78 Å². The first-order valence-corrected chi connectivity index (χ1v) is 7.79. The van der Waals surface area contributed by atoms with Crippen molar-refractivity contribution in [3.8, 4) is 0 Å². The molecule has 3 rings (SSSR count). The Morgan fingerprint density at radius 1 is 1.33 bits per heavy atom. The van der Waals surface area contributed by atoms with Crippen LogP contribution in [0.2, 0.25) is 0 Å². The van der Waals surface area contributed by atoms with E-state index in [0.29, 0.717) is 5.78 Å². The van der Waals surface area contributed by atoms with Crippen molar-refractivity contribution in [2.75, 3.05) is 0 Å². The molecule has 0 aliphatic carbocycles. The van der Waals surface area contributed by atoms with Crippen molar-refractivity contribution in [1.29, 1.82) is 0 Å². The molecule has 2 bridgehead atoms. The molecule has 2 atom stereocenters. The van der Waals surface area contributed by atoms with Gasteiger partial charge in [-0.05, 0) is 44.7 Å². The number of aromatic nitrogens is 1. The summed E-state index contributed by atoms with van der Waals surface area (Å²) in [5, 5.41) is 1.45. The van der Waals surface area contributed by atoms with Gasteiger partial charge in [-0.2, -0.15) is 11.8 Å². The van der Waals surface area contributed by atoms with E-state index in [4.69, 9.17) is 0 Å². The second-order valence-electron chi connectivity index (χ2n) is 5.48. The number of carbonyl (C=O) groups is 1. The van der Waals surface area contributed by atoms with E-state index < -0.39 is 0 Å². The number of nitrogens with zero attached hydrogens (tertiary/aromatic N) is 1. The van der Waals surface area contributed by atoms with Crippen LogP contribution in [0.25, 0.3) is 0 Å². The average Bonchev–Trinajstić information content (AvgIpc) is 2.38. The van der Waals surface area contributed by atoms with Gasteiger partial charge in [0.2, 0.25) is 0 Å². The standard InChI is InChI=1S/C15H19NOS/c1-10-14(6-3-7-16-10)15(17)11-8-12-4-2-5-13(9-11)18-12/h3,6-7,11-13H,2,4-5,8-9H2,1H3. The number of hydrogen-bond donors (Lipinski definition) is 0. The molecular formula is C15H19NOS. The molecule has 2 unspecified atom stereocenters. The highest BCUT2D eigenvalue weighted by molar-refractivity contribution is 8.00. The summed E-state index contributed by atoms with van der Waals surface area (Å²) in [6.07, 6.45) is 7.88. The minimum absolute atomic E-state index is 0.240. The number of ketones is 1. The molecule has 96 valence electrons. The van der Waals surface area contributed by atoms with Gasteiger partial charge in [-0.15, -0.1) is 0 Å². The van der Waals surface area contributed by atoms with E-state index in [2.05, 4.69) is 16.7 Å². The van der Waals surface area contributed by atoms with Crippen LogP contribution in [0.5, 0.6) is 0 Å². The van der Waals surface area contributed by atoms with E-state index >= 15 is 0 Å². The Morgan fingerprint density at radius 2 is 2.06 bits per heavy atom. The van der Waals surface area contributed by atoms with Crippen LogP contribution in [0.1, 0.15) is 48.2 Å². The number of rotatable bonds is 2. The fourth-order valence-corrected chi connectivity index (χ4v) is 5.07. The summed E-state index contributed by atoms with van der Waals surface area (Å²) in [5.74, 6) is 0.572. The molecule has 0 aromatic carbocycles. The maximum absolute atomic E-state index is 12.6. The zero-order valence-corrected chi connectivity index (χ0v) is 11.6. The van der Waals surface area contributed by atoms with Crippen LogP contribution in [0, 0.1) is 12.8 Å². The maximum atomic E-state index is 12.6. The molecule has 2 fully saturated rings. The molecule has 1 aromatic rings. The van der Waals surface area contributed by atoms with Crippen LogP contribution < -0.4 is 0 Å². The van der Waals surface area contributed by atoms with Gasteiger partial charge in [0.05, 0.1) is 0 Å². The predicted molar refractivity (Wildman–Crippen MR) is 75.0 cm³/mol. The van der Waals surface area contributed by atoms with Crippen molar-refractivity contribution in [2.24, 2.45) is 5.92 Å². The third-order valence-electron chi connectivity index (χ3n) is 4.18. The van der Waals surface area contributed by atoms with Crippen LogP contribution in [0.4, 0.5) is 0 Å². The predicted octanol–water partition coefficient (Wildman–Crippen LogP) is 3.64. The van der Waals surface area contributed by atoms with Crippen LogP contribution in [0.3, 0.4) is 0 Å². The summed E-state index contributed by atoms with van der Waals surface area (Å²) in [4.78, 5) is 16.8. The van der Waals surface area contributed by atoms with E-state index in [9.17, 15) is 4.79 Å². The lowest BCUT2D eigenvalue weighted by Crippen LogP contribution is -2.33. The van der Waals surface area contributed by atoms with Crippen LogP contribution in [-0.4, -0.2) is 21.3 Å². The molecule has 0 radical (unpaired) electrons. The molecule has 18 heavy (non-hydrogen) atoms. The van der Waals surface area contributed by atoms with Gasteiger partial charge in [0.25, 0.3) is 0 Å². The summed E-state index contributed by atoms with van der Waals surface area (Å²) < 4.78 is 0. The van der Waals surface area contributed by atoms with Gasteiger partial charge < -0.3 is 0 Å². The number of carbonyl (C=O) groups excluding carboxylic acids is 1. The van der Waals surface area contributed by atoms with Crippen LogP contribution in [-0.2, 0) is 0 Å². The highest BCUT2D eigenvalue weighted by Crippen LogP contribution is 2.44. The Morgan fingerprint density at radius 3 is 2.72 bits per heavy atom. The number of fused-ring (bicyclic) bond motifs is 2. The number of thioether (sulfide) groups is 1. The molecule has 0 amide bonds. The fraction of sp³-hybridized carbons (Fsp3) is 0.600. The minimum atomic E-state index is 0.240. The Bertz CT molecular complexity index is 448. The zero-order chi connectivity index (χ0) is 12.5. The summed E-state index contributed by atoms with van der Waals surface area (Å²) >= 11 is 2.13. The average molecular weight is 261 g/mol. The quantitative estimate of drug-likeness (QED) is 0.761. The third-order valence-corrected chi connectivity index (χ3v) is 5.80. The number of aryl methyl sites for hydroxylation is 1. The normalized spacial score (nSPS) is 31.1. The van der Waals surface area contributed by atoms with Gasteiger partial charge in [-0.25, -0.2) is 0 Å². The second-order valence-corrected chi connectivity index (χ2v) is 7.09. The van der Waals surface area contributed by atoms with Gasteiger partial charge >= 0.3 is 0 Å². The van der Waals surface area contributed by atoms with Gasteiger partial charge in [0.15, 0.2) is 5.78 Å². The maximum Gasteiger partial charge on any atom is 0.167 e. The third kappa shape index (κ3) is 2.33. The molecule has 3 heterocycles.